The number of fused-ring (bicyclic) bond motifs is 1. The Morgan fingerprint density at radius 2 is 1.97 bits per heavy atom. The number of hydrogen-bond donors (Lipinski definition) is 1. The minimum Gasteiger partial charge on any atom is -0.352 e. The fourth-order valence-electron chi connectivity index (χ4n) is 4.93. The molecule has 3 fully saturated rings. The van der Waals surface area contributed by atoms with Crippen LogP contribution in [0.3, 0.4) is 0 Å². The molecular weight excluding hydrogens is 481 g/mol. The zero-order valence-corrected chi connectivity index (χ0v) is 20.5. The molecule has 0 aliphatic carbocycles. The van der Waals surface area contributed by atoms with Crippen molar-refractivity contribution in [2.75, 3.05) is 12.3 Å². The first-order chi connectivity index (χ1) is 16.4. The minimum atomic E-state index is -3.50. The van der Waals surface area contributed by atoms with Gasteiger partial charge in [-0.1, -0.05) is 25.1 Å². The molecule has 5 rings (SSSR count). The first-order valence-corrected chi connectivity index (χ1v) is 14.3. The summed E-state index contributed by atoms with van der Waals surface area (Å²) < 4.78 is 47.8. The summed E-state index contributed by atoms with van der Waals surface area (Å²) in [6.45, 7) is 2.74. The van der Waals surface area contributed by atoms with Crippen molar-refractivity contribution < 1.29 is 22.2 Å². The predicted molar refractivity (Wildman–Crippen MR) is 125 cm³/mol. The van der Waals surface area contributed by atoms with Gasteiger partial charge in [-0.3, -0.25) is 4.79 Å². The predicted octanol–water partition coefficient (Wildman–Crippen LogP) is 2.18. The number of nitrogens with one attached hydrogen (secondary N) is 1. The average Bonchev–Trinajstić information content (AvgIpc) is 3.52. The van der Waals surface area contributed by atoms with Crippen molar-refractivity contribution in [2.45, 2.75) is 68.1 Å². The largest absolute Gasteiger partial charge is 0.352 e. The summed E-state index contributed by atoms with van der Waals surface area (Å²) in [5.41, 5.74) is -0.959. The molecule has 4 heterocycles. The number of hydrogen-bond acceptors (Lipinski definition) is 8. The number of H-pyrrole nitrogens is 1. The van der Waals surface area contributed by atoms with E-state index in [0.717, 1.165) is 24.0 Å². The monoisotopic (exact) mass is 509 g/mol. The summed E-state index contributed by atoms with van der Waals surface area (Å²) in [5, 5.41) is 0. The van der Waals surface area contributed by atoms with Crippen molar-refractivity contribution in [2.24, 2.45) is 0 Å². The number of aromatic nitrogens is 2. The lowest BCUT2D eigenvalue weighted by Gasteiger charge is -2.25. The Morgan fingerprint density at radius 3 is 2.71 bits per heavy atom. The minimum absolute atomic E-state index is 0.0117. The number of aromatic amines is 1. The molecular formula is C22H28N3O7PS. The molecule has 1 aromatic heterocycles. The Bertz CT molecular complexity index is 1210. The lowest BCUT2D eigenvalue weighted by Crippen LogP contribution is -2.37. The van der Waals surface area contributed by atoms with Crippen molar-refractivity contribution >= 4 is 18.4 Å². The van der Waals surface area contributed by atoms with E-state index in [1.165, 1.54) is 12.3 Å². The molecule has 184 valence electrons. The van der Waals surface area contributed by atoms with Crippen LogP contribution in [0.1, 0.15) is 38.8 Å². The second-order valence-electron chi connectivity index (χ2n) is 8.76. The van der Waals surface area contributed by atoms with E-state index in [9.17, 15) is 18.0 Å². The van der Waals surface area contributed by atoms with Gasteiger partial charge in [-0.25, -0.2) is 22.4 Å². The summed E-state index contributed by atoms with van der Waals surface area (Å²) in [6.07, 6.45) is 2.20. The molecule has 0 spiro atoms. The van der Waals surface area contributed by atoms with E-state index in [-0.39, 0.29) is 28.9 Å². The van der Waals surface area contributed by atoms with E-state index in [2.05, 4.69) is 9.65 Å². The third kappa shape index (κ3) is 4.53. The van der Waals surface area contributed by atoms with Gasteiger partial charge in [-0.05, 0) is 31.4 Å². The molecule has 3 aliphatic rings. The van der Waals surface area contributed by atoms with E-state index in [1.54, 1.807) is 30.3 Å². The molecule has 0 amide bonds. The highest BCUT2D eigenvalue weighted by molar-refractivity contribution is 7.91. The van der Waals surface area contributed by atoms with Crippen molar-refractivity contribution in [3.05, 3.63) is 63.4 Å². The molecule has 0 saturated carbocycles. The lowest BCUT2D eigenvalue weighted by atomic mass is 10.1. The smallest absolute Gasteiger partial charge is 0.330 e. The Labute approximate surface area is 198 Å². The topological polar surface area (TPSA) is 120 Å². The molecule has 3 saturated heterocycles. The number of benzene rings is 1. The average molecular weight is 510 g/mol. The van der Waals surface area contributed by atoms with E-state index >= 15 is 0 Å². The van der Waals surface area contributed by atoms with Crippen LogP contribution >= 0.6 is 8.53 Å². The molecule has 34 heavy (non-hydrogen) atoms. The number of rotatable bonds is 7. The fraction of sp³-hybridized carbons (Fsp3) is 0.545. The lowest BCUT2D eigenvalue weighted by molar-refractivity contribution is -0.0201. The van der Waals surface area contributed by atoms with Crippen LogP contribution in [0, 0.1) is 0 Å². The SMILES string of the molecule is CC[C@H]1O[C@H](n2c(=O)cc[nH]c2=O)CC1O[P@@]1O[C@H](CS(=O)(=O)c2ccccc2)[C@@H]2CCCN21. The van der Waals surface area contributed by atoms with Gasteiger partial charge in [0.2, 0.25) is 0 Å². The Hall–Kier alpha value is -1.88. The number of ether oxygens (including phenoxy) is 1. The van der Waals surface area contributed by atoms with E-state index in [4.69, 9.17) is 13.8 Å². The Morgan fingerprint density at radius 1 is 1.18 bits per heavy atom. The van der Waals surface area contributed by atoms with Gasteiger partial charge < -0.3 is 18.8 Å². The second kappa shape index (κ2) is 9.64. The quantitative estimate of drug-likeness (QED) is 0.564. The van der Waals surface area contributed by atoms with Crippen molar-refractivity contribution in [1.82, 2.24) is 14.2 Å². The van der Waals surface area contributed by atoms with Gasteiger partial charge in [-0.2, -0.15) is 0 Å². The first kappa shape index (κ1) is 23.8. The molecule has 6 atom stereocenters. The van der Waals surface area contributed by atoms with Crippen molar-refractivity contribution in [3.63, 3.8) is 0 Å². The summed E-state index contributed by atoms with van der Waals surface area (Å²) >= 11 is 0. The molecule has 1 unspecified atom stereocenters. The zero-order chi connectivity index (χ0) is 23.9. The maximum absolute atomic E-state index is 13.0. The molecule has 10 nitrogen and oxygen atoms in total. The highest BCUT2D eigenvalue weighted by Gasteiger charge is 2.50. The van der Waals surface area contributed by atoms with Crippen LogP contribution < -0.4 is 11.2 Å². The highest BCUT2D eigenvalue weighted by atomic mass is 32.2. The van der Waals surface area contributed by atoms with Gasteiger partial charge in [0.15, 0.2) is 9.84 Å². The molecule has 1 N–H and O–H groups in total. The van der Waals surface area contributed by atoms with Crippen LogP contribution in [0.25, 0.3) is 0 Å². The summed E-state index contributed by atoms with van der Waals surface area (Å²) in [6, 6.07) is 9.69. The van der Waals surface area contributed by atoms with Crippen LogP contribution in [0.15, 0.2) is 57.1 Å². The molecule has 3 aliphatic heterocycles. The summed E-state index contributed by atoms with van der Waals surface area (Å²) in [4.78, 5) is 27.3. The van der Waals surface area contributed by atoms with Gasteiger partial charge in [0.25, 0.3) is 14.1 Å². The third-order valence-corrected chi connectivity index (χ3v) is 10.2. The van der Waals surface area contributed by atoms with Gasteiger partial charge in [0.05, 0.1) is 29.0 Å². The van der Waals surface area contributed by atoms with Gasteiger partial charge >= 0.3 is 5.69 Å². The van der Waals surface area contributed by atoms with E-state index < -0.39 is 41.9 Å². The zero-order valence-electron chi connectivity index (χ0n) is 18.8. The molecule has 12 heteroatoms. The molecule has 2 aromatic rings. The number of sulfone groups is 1. The van der Waals surface area contributed by atoms with E-state index in [0.29, 0.717) is 12.8 Å². The van der Waals surface area contributed by atoms with Gasteiger partial charge in [0.1, 0.15) is 6.23 Å². The highest BCUT2D eigenvalue weighted by Crippen LogP contribution is 2.58. The standard InChI is InChI=1S/C22H28N3O7PS/c1-2-17-18(13-21(30-17)25-20(26)10-11-23-22(25)27)31-33-24-12-6-9-16(24)19(32-33)14-34(28,29)15-7-4-3-5-8-15/h3-5,7-8,10-11,16-19,21H,2,6,9,12-14H2,1H3,(H,23,27)/t16-,17+,18?,19+,21-,33-/m0/s1. The van der Waals surface area contributed by atoms with Crippen LogP contribution in [0.5, 0.6) is 0 Å². The maximum Gasteiger partial charge on any atom is 0.330 e. The molecule has 0 radical (unpaired) electrons. The van der Waals surface area contributed by atoms with Gasteiger partial charge in [0, 0.05) is 31.3 Å². The Kier molecular flexibility index (Phi) is 6.76. The van der Waals surface area contributed by atoms with Crippen LogP contribution in [0.4, 0.5) is 0 Å². The van der Waals surface area contributed by atoms with Crippen LogP contribution in [-0.4, -0.2) is 59.3 Å². The third-order valence-electron chi connectivity index (χ3n) is 6.61. The Balaban J connectivity index is 1.31. The van der Waals surface area contributed by atoms with Crippen molar-refractivity contribution in [3.8, 4) is 0 Å². The molecule has 1 aromatic carbocycles. The number of nitrogens with zero attached hydrogens (tertiary/aromatic N) is 2. The fourth-order valence-corrected chi connectivity index (χ4v) is 8.52. The van der Waals surface area contributed by atoms with Crippen LogP contribution in [0.2, 0.25) is 0 Å². The van der Waals surface area contributed by atoms with Gasteiger partial charge in [-0.15, -0.1) is 0 Å². The van der Waals surface area contributed by atoms with Crippen molar-refractivity contribution in [1.29, 1.82) is 0 Å². The summed E-state index contributed by atoms with van der Waals surface area (Å²) in [5.74, 6) is -0.101. The first-order valence-electron chi connectivity index (χ1n) is 11.5. The second-order valence-corrected chi connectivity index (χ2v) is 12.2. The van der Waals surface area contributed by atoms with Crippen LogP contribution in [-0.2, 0) is 23.6 Å². The van der Waals surface area contributed by atoms with E-state index in [1.807, 2.05) is 6.92 Å². The maximum atomic E-state index is 13.0. The molecule has 0 bridgehead atoms. The normalized spacial score (nSPS) is 31.7. The summed E-state index contributed by atoms with van der Waals surface area (Å²) in [7, 11) is -4.98.